The summed E-state index contributed by atoms with van der Waals surface area (Å²) in [5.74, 6) is -0.745. The van der Waals surface area contributed by atoms with E-state index in [0.717, 1.165) is 0 Å². The Balaban J connectivity index is -0.0000000800. The summed E-state index contributed by atoms with van der Waals surface area (Å²) in [4.78, 5) is 9.37. The summed E-state index contributed by atoms with van der Waals surface area (Å²) in [5, 5.41) is 7.72. The molecule has 47 valence electrons. The van der Waals surface area contributed by atoms with E-state index >= 15 is 0 Å². The number of hydrogen-bond acceptors (Lipinski definition) is 1. The third-order valence-electron chi connectivity index (χ3n) is 0.302. The molecule has 0 aromatic rings. The van der Waals surface area contributed by atoms with Crippen molar-refractivity contribution in [3.8, 4) is 0 Å². The molecule has 0 spiro atoms. The van der Waals surface area contributed by atoms with E-state index in [2.05, 4.69) is 0 Å². The number of carbonyl (C=O) groups is 1. The van der Waals surface area contributed by atoms with Gasteiger partial charge in [-0.25, -0.2) is 0 Å². The molecule has 3 nitrogen and oxygen atoms in total. The first-order valence-corrected chi connectivity index (χ1v) is 1.49. The second-order valence-electron chi connectivity index (χ2n) is 0.747. The molecule has 4 heteroatoms. The molecule has 0 heterocycles. The van der Waals surface area contributed by atoms with Gasteiger partial charge in [0.05, 0.1) is 0 Å². The maximum Gasteiger partial charge on any atom is 0.303 e. The maximum absolute atomic E-state index is 9.37. The molecule has 0 saturated heterocycles. The minimum Gasteiger partial charge on any atom is -0.481 e. The Kier molecular flexibility index (Phi) is 21.0. The van der Waals surface area contributed by atoms with Crippen LogP contribution in [0.3, 0.4) is 0 Å². The summed E-state index contributed by atoms with van der Waals surface area (Å²) >= 11 is 0. The van der Waals surface area contributed by atoms with Gasteiger partial charge in [-0.3, -0.25) is 4.79 Å². The molecule has 1 radical (unpaired) electrons. The zero-order valence-corrected chi connectivity index (χ0v) is 4.94. The third-order valence-corrected chi connectivity index (χ3v) is 0.302. The molecule has 0 saturated carbocycles. The van der Waals surface area contributed by atoms with E-state index in [9.17, 15) is 4.79 Å². The van der Waals surface area contributed by atoms with Gasteiger partial charge in [-0.1, -0.05) is 6.92 Å². The average Bonchev–Trinajstić information content (AvgIpc) is 1.38. The normalized spacial score (nSPS) is 5.29. The van der Waals surface area contributed by atoms with Crippen molar-refractivity contribution in [2.45, 2.75) is 13.3 Å². The van der Waals surface area contributed by atoms with Crippen molar-refractivity contribution in [1.82, 2.24) is 0 Å². The van der Waals surface area contributed by atoms with Gasteiger partial charge in [0.2, 0.25) is 0 Å². The van der Waals surface area contributed by atoms with Crippen LogP contribution in [-0.4, -0.2) is 16.6 Å². The van der Waals surface area contributed by atoms with E-state index in [0.29, 0.717) is 0 Å². The summed E-state index contributed by atoms with van der Waals surface area (Å²) in [5.41, 5.74) is 0. The minimum atomic E-state index is -0.745. The zero-order valence-electron chi connectivity index (χ0n) is 3.90. The quantitative estimate of drug-likeness (QED) is 0.556. The van der Waals surface area contributed by atoms with E-state index in [1.54, 1.807) is 6.92 Å². The fourth-order valence-electron chi connectivity index (χ4n) is 0. The van der Waals surface area contributed by atoms with Crippen molar-refractivity contribution < 1.29 is 32.2 Å². The van der Waals surface area contributed by atoms with Crippen LogP contribution in [0.25, 0.3) is 0 Å². The van der Waals surface area contributed by atoms with E-state index in [-0.39, 0.29) is 28.7 Å². The Labute approximate surface area is 52.2 Å². The van der Waals surface area contributed by atoms with E-state index < -0.39 is 5.97 Å². The second kappa shape index (κ2) is 9.34. The summed E-state index contributed by atoms with van der Waals surface area (Å²) < 4.78 is 0. The topological polar surface area (TPSA) is 68.8 Å². The number of aliphatic carboxylic acids is 1. The third kappa shape index (κ3) is 24.5. The van der Waals surface area contributed by atoms with Crippen LogP contribution in [-0.2, 0) is 21.6 Å². The Morgan fingerprint density at radius 1 is 1.71 bits per heavy atom. The van der Waals surface area contributed by atoms with E-state index in [1.807, 2.05) is 0 Å². The van der Waals surface area contributed by atoms with E-state index in [4.69, 9.17) is 5.11 Å². The molecule has 0 aromatic heterocycles. The van der Waals surface area contributed by atoms with Crippen LogP contribution >= 0.6 is 0 Å². The summed E-state index contributed by atoms with van der Waals surface area (Å²) in [6, 6.07) is 0. The monoisotopic (exact) mass is 151 g/mol. The van der Waals surface area contributed by atoms with Gasteiger partial charge in [0.25, 0.3) is 0 Å². The largest absolute Gasteiger partial charge is 0.481 e. The minimum absolute atomic E-state index is 0. The van der Waals surface area contributed by atoms with Crippen LogP contribution in [0.4, 0.5) is 0 Å². The Bertz CT molecular complexity index is 45.4. The number of carboxylic acid groups (broad SMARTS) is 1. The first-order valence-electron chi connectivity index (χ1n) is 1.49. The molecule has 0 aliphatic carbocycles. The molecule has 0 aromatic carbocycles. The SMILES string of the molecule is CCC(=O)O.O.[Co]. The standard InChI is InChI=1S/C3H6O2.Co.H2O/c1-2-3(4)5;;/h2H2,1H3,(H,4,5);;1H2. The second-order valence-corrected chi connectivity index (χ2v) is 0.747. The van der Waals surface area contributed by atoms with Gasteiger partial charge in [-0.2, -0.15) is 0 Å². The van der Waals surface area contributed by atoms with Crippen molar-refractivity contribution in [1.29, 1.82) is 0 Å². The molecule has 0 unspecified atom stereocenters. The smallest absolute Gasteiger partial charge is 0.303 e. The van der Waals surface area contributed by atoms with Gasteiger partial charge in [0.1, 0.15) is 0 Å². The molecule has 0 amide bonds. The molecule has 0 rings (SSSR count). The molecular formula is C3H8CoO3. The molecule has 0 bridgehead atoms. The van der Waals surface area contributed by atoms with Crippen LogP contribution in [0.15, 0.2) is 0 Å². The summed E-state index contributed by atoms with van der Waals surface area (Å²) in [6.45, 7) is 1.60. The van der Waals surface area contributed by atoms with E-state index in [1.165, 1.54) is 0 Å². The molecule has 7 heavy (non-hydrogen) atoms. The first-order chi connectivity index (χ1) is 2.27. The Hall–Kier alpha value is -0.0635. The van der Waals surface area contributed by atoms with Crippen molar-refractivity contribution in [3.63, 3.8) is 0 Å². The predicted octanol–water partition coefficient (Wildman–Crippen LogP) is -0.346. The molecule has 0 aliphatic heterocycles. The average molecular weight is 151 g/mol. The van der Waals surface area contributed by atoms with Gasteiger partial charge in [0, 0.05) is 23.2 Å². The number of rotatable bonds is 1. The number of carboxylic acids is 1. The summed E-state index contributed by atoms with van der Waals surface area (Å²) in [6.07, 6.45) is 0.222. The van der Waals surface area contributed by atoms with Crippen LogP contribution in [0.1, 0.15) is 13.3 Å². The van der Waals surface area contributed by atoms with Crippen molar-refractivity contribution in [2.75, 3.05) is 0 Å². The zero-order chi connectivity index (χ0) is 4.28. The van der Waals surface area contributed by atoms with Crippen molar-refractivity contribution >= 4 is 5.97 Å². The predicted molar refractivity (Wildman–Crippen MR) is 21.5 cm³/mol. The van der Waals surface area contributed by atoms with Gasteiger partial charge >= 0.3 is 5.97 Å². The summed E-state index contributed by atoms with van der Waals surface area (Å²) in [7, 11) is 0. The van der Waals surface area contributed by atoms with Crippen LogP contribution in [0, 0.1) is 0 Å². The Morgan fingerprint density at radius 2 is 1.86 bits per heavy atom. The fraction of sp³-hybridized carbons (Fsp3) is 0.667. The molecular weight excluding hydrogens is 143 g/mol. The molecule has 0 atom stereocenters. The molecule has 0 fully saturated rings. The maximum atomic E-state index is 9.37. The number of hydrogen-bond donors (Lipinski definition) is 1. The van der Waals surface area contributed by atoms with Gasteiger partial charge in [0.15, 0.2) is 0 Å². The fourth-order valence-corrected chi connectivity index (χ4v) is 0. The van der Waals surface area contributed by atoms with Gasteiger partial charge < -0.3 is 10.6 Å². The Morgan fingerprint density at radius 3 is 1.86 bits per heavy atom. The van der Waals surface area contributed by atoms with Gasteiger partial charge in [-0.15, -0.1) is 0 Å². The van der Waals surface area contributed by atoms with Crippen LogP contribution in [0.2, 0.25) is 0 Å². The molecule has 0 aliphatic rings. The first kappa shape index (κ1) is 15.8. The van der Waals surface area contributed by atoms with Gasteiger partial charge in [-0.05, 0) is 0 Å². The van der Waals surface area contributed by atoms with Crippen LogP contribution < -0.4 is 0 Å². The van der Waals surface area contributed by atoms with Crippen LogP contribution in [0.5, 0.6) is 0 Å². The van der Waals surface area contributed by atoms with Crippen molar-refractivity contribution in [3.05, 3.63) is 0 Å². The molecule has 3 N–H and O–H groups in total. The van der Waals surface area contributed by atoms with Crippen molar-refractivity contribution in [2.24, 2.45) is 0 Å².